The molecule has 98 valence electrons. The van der Waals surface area contributed by atoms with Gasteiger partial charge in [-0.15, -0.1) is 10.2 Å². The predicted octanol–water partition coefficient (Wildman–Crippen LogP) is 1.03. The predicted molar refractivity (Wildman–Crippen MR) is 66.8 cm³/mol. The van der Waals surface area contributed by atoms with Crippen LogP contribution in [0, 0.1) is 0 Å². The van der Waals surface area contributed by atoms with Crippen LogP contribution in [0.25, 0.3) is 0 Å². The second kappa shape index (κ2) is 6.95. The van der Waals surface area contributed by atoms with Crippen molar-refractivity contribution >= 4 is 11.8 Å². The van der Waals surface area contributed by atoms with Crippen molar-refractivity contribution in [1.82, 2.24) is 14.8 Å². The van der Waals surface area contributed by atoms with E-state index in [0.29, 0.717) is 12.3 Å². The summed E-state index contributed by atoms with van der Waals surface area (Å²) in [5.41, 5.74) is 5.63. The van der Waals surface area contributed by atoms with E-state index in [1.54, 1.807) is 26.0 Å². The van der Waals surface area contributed by atoms with Crippen molar-refractivity contribution in [1.29, 1.82) is 0 Å². The Morgan fingerprint density at radius 3 is 2.41 bits per heavy atom. The lowest BCUT2D eigenvalue weighted by atomic mass is 10.4. The molecule has 1 rings (SSSR count). The topological polar surface area (TPSA) is 75.2 Å². The van der Waals surface area contributed by atoms with E-state index in [4.69, 9.17) is 15.2 Å². The first-order chi connectivity index (χ1) is 8.13. The van der Waals surface area contributed by atoms with Crippen LogP contribution in [0.5, 0.6) is 0 Å². The van der Waals surface area contributed by atoms with Gasteiger partial charge in [0.05, 0.1) is 12.3 Å². The van der Waals surface area contributed by atoms with E-state index in [-0.39, 0.29) is 12.3 Å². The second-order valence-electron chi connectivity index (χ2n) is 3.78. The average molecular weight is 260 g/mol. The highest BCUT2D eigenvalue weighted by Crippen LogP contribution is 2.22. The molecule has 6 nitrogen and oxygen atoms in total. The number of thioether (sulfide) groups is 1. The number of ether oxygens (including phenoxy) is 2. The fraction of sp³-hybridized carbons (Fsp3) is 0.800. The van der Waals surface area contributed by atoms with Crippen LogP contribution in [0.4, 0.5) is 0 Å². The molecule has 0 spiro atoms. The Kier molecular flexibility index (Phi) is 5.90. The minimum absolute atomic E-state index is 0.237. The first-order valence-electron chi connectivity index (χ1n) is 5.46. The molecule has 1 aromatic rings. The third-order valence-electron chi connectivity index (χ3n) is 2.31. The van der Waals surface area contributed by atoms with Crippen molar-refractivity contribution < 1.29 is 9.47 Å². The largest absolute Gasteiger partial charge is 0.355 e. The monoisotopic (exact) mass is 260 g/mol. The zero-order chi connectivity index (χ0) is 12.8. The van der Waals surface area contributed by atoms with E-state index in [1.807, 2.05) is 4.57 Å². The Hall–Kier alpha value is -0.630. The van der Waals surface area contributed by atoms with Crippen LogP contribution in [0.15, 0.2) is 5.16 Å². The number of hydrogen-bond donors (Lipinski definition) is 1. The van der Waals surface area contributed by atoms with Crippen molar-refractivity contribution in [3.63, 3.8) is 0 Å². The maximum atomic E-state index is 5.63. The highest BCUT2D eigenvalue weighted by Gasteiger charge is 2.16. The summed E-state index contributed by atoms with van der Waals surface area (Å²) in [6.45, 7) is 4.55. The molecule has 0 saturated carbocycles. The smallest absolute Gasteiger partial charge is 0.191 e. The molecule has 0 aromatic carbocycles. The van der Waals surface area contributed by atoms with Gasteiger partial charge in [0.1, 0.15) is 5.82 Å². The molecule has 2 N–H and O–H groups in total. The molecule has 0 aliphatic rings. The number of methoxy groups -OCH3 is 2. The Bertz CT molecular complexity index is 339. The quantitative estimate of drug-likeness (QED) is 0.583. The van der Waals surface area contributed by atoms with Gasteiger partial charge in [0, 0.05) is 20.3 Å². The molecule has 0 amide bonds. The highest BCUT2D eigenvalue weighted by molar-refractivity contribution is 7.99. The molecule has 0 atom stereocenters. The lowest BCUT2D eigenvalue weighted by Crippen LogP contribution is -2.17. The van der Waals surface area contributed by atoms with E-state index in [1.165, 1.54) is 0 Å². The molecule has 7 heteroatoms. The standard InChI is InChI=1S/C10H20N4O2S/c1-7(2)14-8(5-11)12-13-10(14)17-6-9(15-3)16-4/h7,9H,5-6,11H2,1-4H3. The lowest BCUT2D eigenvalue weighted by molar-refractivity contribution is -0.0842. The van der Waals surface area contributed by atoms with E-state index in [9.17, 15) is 0 Å². The molecule has 0 bridgehead atoms. The number of aromatic nitrogens is 3. The molecule has 0 radical (unpaired) electrons. The van der Waals surface area contributed by atoms with Crippen molar-refractivity contribution in [2.24, 2.45) is 5.73 Å². The maximum Gasteiger partial charge on any atom is 0.191 e. The molecule has 0 saturated heterocycles. The van der Waals surface area contributed by atoms with Gasteiger partial charge >= 0.3 is 0 Å². The summed E-state index contributed by atoms with van der Waals surface area (Å²) in [4.78, 5) is 0. The molecular formula is C10H20N4O2S. The minimum atomic E-state index is -0.237. The van der Waals surface area contributed by atoms with Crippen LogP contribution >= 0.6 is 11.8 Å². The van der Waals surface area contributed by atoms with Crippen LogP contribution < -0.4 is 5.73 Å². The summed E-state index contributed by atoms with van der Waals surface area (Å²) in [5, 5.41) is 9.05. The summed E-state index contributed by atoms with van der Waals surface area (Å²) >= 11 is 1.55. The van der Waals surface area contributed by atoms with Gasteiger partial charge in [-0.1, -0.05) is 11.8 Å². The molecule has 0 fully saturated rings. The normalized spacial score (nSPS) is 11.7. The van der Waals surface area contributed by atoms with Crippen LogP contribution in [-0.2, 0) is 16.0 Å². The molecule has 0 aliphatic heterocycles. The van der Waals surface area contributed by atoms with Crippen molar-refractivity contribution in [3.8, 4) is 0 Å². The van der Waals surface area contributed by atoms with Gasteiger partial charge in [0.15, 0.2) is 11.4 Å². The summed E-state index contributed by atoms with van der Waals surface area (Å²) in [7, 11) is 3.24. The zero-order valence-corrected chi connectivity index (χ0v) is 11.5. The number of nitrogens with zero attached hydrogens (tertiary/aromatic N) is 3. The SMILES string of the molecule is COC(CSc1nnc(CN)n1C(C)C)OC. The van der Waals surface area contributed by atoms with E-state index < -0.39 is 0 Å². The Morgan fingerprint density at radius 1 is 1.29 bits per heavy atom. The Morgan fingerprint density at radius 2 is 1.94 bits per heavy atom. The van der Waals surface area contributed by atoms with Crippen LogP contribution in [0.3, 0.4) is 0 Å². The Labute approximate surface area is 106 Å². The van der Waals surface area contributed by atoms with Gasteiger partial charge in [-0.25, -0.2) is 0 Å². The van der Waals surface area contributed by atoms with Crippen LogP contribution in [0.2, 0.25) is 0 Å². The number of hydrogen-bond acceptors (Lipinski definition) is 6. The number of rotatable bonds is 7. The van der Waals surface area contributed by atoms with Crippen LogP contribution in [-0.4, -0.2) is 41.0 Å². The second-order valence-corrected chi connectivity index (χ2v) is 4.77. The van der Waals surface area contributed by atoms with E-state index >= 15 is 0 Å². The molecule has 0 unspecified atom stereocenters. The minimum Gasteiger partial charge on any atom is -0.355 e. The molecule has 1 aromatic heterocycles. The number of nitrogens with two attached hydrogens (primary N) is 1. The summed E-state index contributed by atoms with van der Waals surface area (Å²) in [5.74, 6) is 1.47. The third-order valence-corrected chi connectivity index (χ3v) is 3.28. The van der Waals surface area contributed by atoms with Crippen molar-refractivity contribution in [2.75, 3.05) is 20.0 Å². The summed E-state index contributed by atoms with van der Waals surface area (Å²) in [6, 6.07) is 0.287. The highest BCUT2D eigenvalue weighted by atomic mass is 32.2. The fourth-order valence-electron chi connectivity index (χ4n) is 1.44. The van der Waals surface area contributed by atoms with Gasteiger partial charge in [0.2, 0.25) is 0 Å². The van der Waals surface area contributed by atoms with Crippen molar-refractivity contribution in [2.45, 2.75) is 37.9 Å². The molecule has 17 heavy (non-hydrogen) atoms. The van der Waals surface area contributed by atoms with Gasteiger partial charge < -0.3 is 19.8 Å². The van der Waals surface area contributed by atoms with E-state index in [2.05, 4.69) is 24.0 Å². The fourth-order valence-corrected chi connectivity index (χ4v) is 2.55. The first kappa shape index (κ1) is 14.4. The van der Waals surface area contributed by atoms with Gasteiger partial charge in [-0.2, -0.15) is 0 Å². The molecule has 0 aliphatic carbocycles. The van der Waals surface area contributed by atoms with Gasteiger partial charge in [-0.3, -0.25) is 0 Å². The third kappa shape index (κ3) is 3.67. The van der Waals surface area contributed by atoms with Gasteiger partial charge in [-0.05, 0) is 13.8 Å². The Balaban J connectivity index is 2.73. The zero-order valence-electron chi connectivity index (χ0n) is 10.7. The van der Waals surface area contributed by atoms with Gasteiger partial charge in [0.25, 0.3) is 0 Å². The summed E-state index contributed by atoms with van der Waals surface area (Å²) < 4.78 is 12.3. The molecular weight excluding hydrogens is 240 g/mol. The molecule has 1 heterocycles. The maximum absolute atomic E-state index is 5.63. The lowest BCUT2D eigenvalue weighted by Gasteiger charge is -2.15. The van der Waals surface area contributed by atoms with E-state index in [0.717, 1.165) is 11.0 Å². The first-order valence-corrected chi connectivity index (χ1v) is 6.44. The van der Waals surface area contributed by atoms with Crippen LogP contribution in [0.1, 0.15) is 25.7 Å². The van der Waals surface area contributed by atoms with Crippen molar-refractivity contribution in [3.05, 3.63) is 5.82 Å². The summed E-state index contributed by atoms with van der Waals surface area (Å²) in [6.07, 6.45) is -0.237. The average Bonchev–Trinajstić information content (AvgIpc) is 2.73.